The Morgan fingerprint density at radius 1 is 1.38 bits per heavy atom. The number of para-hydroxylation sites is 1. The zero-order chi connectivity index (χ0) is 20.5. The van der Waals surface area contributed by atoms with Crippen LogP contribution in [0.4, 0.5) is 0 Å². The molecule has 8 nitrogen and oxygen atoms in total. The molecule has 0 radical (unpaired) electrons. The number of nitrogens with zero attached hydrogens (tertiary/aromatic N) is 4. The largest absolute Gasteiger partial charge is 0.469 e. The Kier molecular flexibility index (Phi) is 5.33. The molecule has 0 saturated carbocycles. The molecule has 1 aliphatic heterocycles. The number of allylic oxidation sites excluding steroid dienone is 1. The number of esters is 1. The van der Waals surface area contributed by atoms with Crippen LogP contribution in [0.2, 0.25) is 0 Å². The van der Waals surface area contributed by atoms with Gasteiger partial charge in [-0.3, -0.25) is 18.6 Å². The number of nitrogens with one attached hydrogen (secondary N) is 1. The van der Waals surface area contributed by atoms with Crippen LogP contribution in [0.15, 0.2) is 41.7 Å². The standard InChI is InChI=1S/C20H23N5O3S/c1-3-10-23-17(26)15-6-4-5-7-16(15)25-19(23)21-24(20(25)29)13-22-11-8-14(9-12-22)18(27)28-2/h3-7,14H,1,8-13H2,2H3/p+1. The number of carbonyl (C=O) groups is 1. The van der Waals surface area contributed by atoms with Gasteiger partial charge in [0, 0.05) is 19.4 Å². The molecular formula is C20H24N5O3S+. The van der Waals surface area contributed by atoms with Gasteiger partial charge in [-0.2, -0.15) is 4.68 Å². The number of likely N-dealkylation sites (tertiary alicyclic amines) is 1. The maximum Gasteiger partial charge on any atom is 0.309 e. The molecule has 0 atom stereocenters. The van der Waals surface area contributed by atoms with Crippen LogP contribution in [0.3, 0.4) is 0 Å². The molecule has 9 heteroatoms. The number of hydrogen-bond donors (Lipinski definition) is 1. The van der Waals surface area contributed by atoms with Crippen molar-refractivity contribution in [2.75, 3.05) is 20.2 Å². The number of rotatable bonds is 5. The summed E-state index contributed by atoms with van der Waals surface area (Å²) in [6.45, 7) is 6.40. The van der Waals surface area contributed by atoms with Crippen LogP contribution in [-0.2, 0) is 22.7 Å². The lowest BCUT2D eigenvalue weighted by molar-refractivity contribution is -0.929. The summed E-state index contributed by atoms with van der Waals surface area (Å²) in [5.74, 6) is 0.357. The van der Waals surface area contributed by atoms with E-state index in [2.05, 4.69) is 11.7 Å². The molecule has 2 aromatic heterocycles. The van der Waals surface area contributed by atoms with Crippen molar-refractivity contribution < 1.29 is 14.4 Å². The Bertz CT molecular complexity index is 1200. The number of fused-ring (bicyclic) bond motifs is 3. The second-order valence-corrected chi connectivity index (χ2v) is 7.71. The highest BCUT2D eigenvalue weighted by atomic mass is 32.1. The van der Waals surface area contributed by atoms with E-state index in [0.717, 1.165) is 31.4 Å². The molecule has 0 amide bonds. The SMILES string of the molecule is C=CCn1c(=O)c2ccccc2n2c(=S)n(C[NH+]3CCC(C(=O)OC)CC3)nc12. The highest BCUT2D eigenvalue weighted by molar-refractivity contribution is 7.71. The maximum atomic E-state index is 12.9. The second-order valence-electron chi connectivity index (χ2n) is 7.34. The molecule has 29 heavy (non-hydrogen) atoms. The van der Waals surface area contributed by atoms with E-state index in [0.29, 0.717) is 29.1 Å². The third-order valence-corrected chi connectivity index (χ3v) is 5.99. The van der Waals surface area contributed by atoms with Gasteiger partial charge in [0.1, 0.15) is 0 Å². The summed E-state index contributed by atoms with van der Waals surface area (Å²) in [7, 11) is 1.44. The molecule has 4 rings (SSSR count). The monoisotopic (exact) mass is 414 g/mol. The van der Waals surface area contributed by atoms with E-state index in [1.54, 1.807) is 21.4 Å². The molecule has 152 valence electrons. The first-order valence-electron chi connectivity index (χ1n) is 9.68. The fraction of sp³-hybridized carbons (Fsp3) is 0.400. The summed E-state index contributed by atoms with van der Waals surface area (Å²) in [5, 5.41) is 5.29. The number of quaternary nitrogens is 1. The fourth-order valence-corrected chi connectivity index (χ4v) is 4.35. The first-order chi connectivity index (χ1) is 14.0. The second kappa shape index (κ2) is 7.92. The van der Waals surface area contributed by atoms with E-state index in [4.69, 9.17) is 17.0 Å². The number of benzene rings is 1. The molecule has 3 heterocycles. The zero-order valence-electron chi connectivity index (χ0n) is 16.3. The van der Waals surface area contributed by atoms with Crippen molar-refractivity contribution in [2.24, 2.45) is 5.92 Å². The summed E-state index contributed by atoms with van der Waals surface area (Å²) in [6, 6.07) is 7.43. The van der Waals surface area contributed by atoms with E-state index in [1.807, 2.05) is 22.6 Å². The van der Waals surface area contributed by atoms with Gasteiger partial charge in [-0.05, 0) is 24.4 Å². The summed E-state index contributed by atoms with van der Waals surface area (Å²) in [5.41, 5.74) is 0.648. The van der Waals surface area contributed by atoms with Crippen LogP contribution in [0.1, 0.15) is 12.8 Å². The average molecular weight is 415 g/mol. The van der Waals surface area contributed by atoms with Crippen molar-refractivity contribution >= 4 is 34.9 Å². The summed E-state index contributed by atoms with van der Waals surface area (Å²) in [4.78, 5) is 26.0. The zero-order valence-corrected chi connectivity index (χ0v) is 17.2. The van der Waals surface area contributed by atoms with Gasteiger partial charge >= 0.3 is 5.97 Å². The van der Waals surface area contributed by atoms with E-state index >= 15 is 0 Å². The van der Waals surface area contributed by atoms with Gasteiger partial charge in [0.15, 0.2) is 6.67 Å². The first kappa shape index (κ1) is 19.5. The minimum atomic E-state index is -0.131. The highest BCUT2D eigenvalue weighted by Gasteiger charge is 2.28. The number of hydrogen-bond acceptors (Lipinski definition) is 5. The first-order valence-corrected chi connectivity index (χ1v) is 10.1. The molecule has 3 aromatic rings. The fourth-order valence-electron chi connectivity index (χ4n) is 4.06. The van der Waals surface area contributed by atoms with Gasteiger partial charge in [-0.25, -0.2) is 0 Å². The lowest BCUT2D eigenvalue weighted by atomic mass is 9.97. The Balaban J connectivity index is 1.73. The predicted molar refractivity (Wildman–Crippen MR) is 111 cm³/mol. The Morgan fingerprint density at radius 3 is 2.79 bits per heavy atom. The quantitative estimate of drug-likeness (QED) is 0.380. The van der Waals surface area contributed by atoms with Crippen molar-refractivity contribution in [3.05, 3.63) is 52.0 Å². The van der Waals surface area contributed by atoms with Crippen LogP contribution in [0.5, 0.6) is 0 Å². The third kappa shape index (κ3) is 3.40. The van der Waals surface area contributed by atoms with Gasteiger partial charge in [-0.1, -0.05) is 18.2 Å². The van der Waals surface area contributed by atoms with Crippen molar-refractivity contribution in [3.63, 3.8) is 0 Å². The van der Waals surface area contributed by atoms with Crippen LogP contribution < -0.4 is 10.5 Å². The summed E-state index contributed by atoms with van der Waals surface area (Å²) in [6.07, 6.45) is 3.25. The molecular weight excluding hydrogens is 390 g/mol. The lowest BCUT2D eigenvalue weighted by Gasteiger charge is -2.27. The van der Waals surface area contributed by atoms with Gasteiger partial charge < -0.3 is 9.64 Å². The van der Waals surface area contributed by atoms with E-state index < -0.39 is 0 Å². The van der Waals surface area contributed by atoms with Crippen molar-refractivity contribution in [3.8, 4) is 0 Å². The van der Waals surface area contributed by atoms with Gasteiger partial charge in [0.25, 0.3) is 5.56 Å². The van der Waals surface area contributed by atoms with Crippen molar-refractivity contribution in [2.45, 2.75) is 26.1 Å². The topological polar surface area (TPSA) is 75.0 Å². The molecule has 0 unspecified atom stereocenters. The number of aromatic nitrogens is 4. The highest BCUT2D eigenvalue weighted by Crippen LogP contribution is 2.14. The number of methoxy groups -OCH3 is 1. The third-order valence-electron chi connectivity index (χ3n) is 5.60. The normalized spacial score (nSPS) is 19.5. The molecule has 0 spiro atoms. The summed E-state index contributed by atoms with van der Waals surface area (Å²) < 4.78 is 10.7. The minimum absolute atomic E-state index is 0.0282. The van der Waals surface area contributed by atoms with Gasteiger partial charge in [0.2, 0.25) is 10.5 Å². The minimum Gasteiger partial charge on any atom is -0.469 e. The van der Waals surface area contributed by atoms with E-state index in [-0.39, 0.29) is 17.4 Å². The molecule has 1 aliphatic rings. The molecule has 1 aromatic carbocycles. The number of carbonyl (C=O) groups excluding carboxylic acids is 1. The van der Waals surface area contributed by atoms with Crippen LogP contribution in [-0.4, -0.2) is 44.9 Å². The van der Waals surface area contributed by atoms with Crippen LogP contribution in [0, 0.1) is 10.7 Å². The van der Waals surface area contributed by atoms with E-state index in [1.165, 1.54) is 12.0 Å². The number of ether oxygens (including phenoxy) is 1. The number of piperidine rings is 1. The molecule has 1 N–H and O–H groups in total. The molecule has 1 saturated heterocycles. The van der Waals surface area contributed by atoms with Gasteiger partial charge in [0.05, 0.1) is 37.0 Å². The average Bonchev–Trinajstić information content (AvgIpc) is 3.07. The Hall–Kier alpha value is -2.78. The maximum absolute atomic E-state index is 12.9. The van der Waals surface area contributed by atoms with Crippen LogP contribution in [0.25, 0.3) is 16.7 Å². The van der Waals surface area contributed by atoms with Crippen molar-refractivity contribution in [1.29, 1.82) is 0 Å². The summed E-state index contributed by atoms with van der Waals surface area (Å²) >= 11 is 5.73. The molecule has 0 bridgehead atoms. The molecule has 0 aliphatic carbocycles. The lowest BCUT2D eigenvalue weighted by Crippen LogP contribution is -3.12. The van der Waals surface area contributed by atoms with E-state index in [9.17, 15) is 9.59 Å². The Labute approximate surface area is 172 Å². The molecule has 1 fully saturated rings. The van der Waals surface area contributed by atoms with Crippen molar-refractivity contribution in [1.82, 2.24) is 18.7 Å². The predicted octanol–water partition coefficient (Wildman–Crippen LogP) is 0.792. The Morgan fingerprint density at radius 2 is 2.10 bits per heavy atom. The van der Waals surface area contributed by atoms with Crippen LogP contribution >= 0.6 is 12.2 Å². The van der Waals surface area contributed by atoms with Gasteiger partial charge in [-0.15, -0.1) is 11.7 Å². The smallest absolute Gasteiger partial charge is 0.309 e.